The minimum absolute atomic E-state index is 0.168. The van der Waals surface area contributed by atoms with Crippen molar-refractivity contribution in [2.45, 2.75) is 25.0 Å². The van der Waals surface area contributed by atoms with E-state index in [0.29, 0.717) is 13.0 Å². The number of aliphatic carboxylic acids is 1. The maximum atomic E-state index is 12.2. The summed E-state index contributed by atoms with van der Waals surface area (Å²) in [6.45, 7) is 0.346. The lowest BCUT2D eigenvalue weighted by atomic mass is 10.1. The molecule has 19 heavy (non-hydrogen) atoms. The highest BCUT2D eigenvalue weighted by molar-refractivity contribution is 5.85. The van der Waals surface area contributed by atoms with Crippen LogP contribution in [0.25, 0.3) is 0 Å². The number of benzene rings is 1. The highest BCUT2D eigenvalue weighted by Gasteiger charge is 2.39. The number of likely N-dealkylation sites (tertiary alicyclic amines) is 1. The van der Waals surface area contributed by atoms with Gasteiger partial charge in [0.1, 0.15) is 6.04 Å². The van der Waals surface area contributed by atoms with Crippen molar-refractivity contribution in [3.8, 4) is 0 Å². The predicted octanol–water partition coefficient (Wildman–Crippen LogP) is 0.930. The molecular weight excluding hydrogens is 246 g/mol. The van der Waals surface area contributed by atoms with Gasteiger partial charge < -0.3 is 14.7 Å². The summed E-state index contributed by atoms with van der Waals surface area (Å²) < 4.78 is 5.16. The second kappa shape index (κ2) is 5.84. The first-order valence-electron chi connectivity index (χ1n) is 6.21. The van der Waals surface area contributed by atoms with Gasteiger partial charge in [0.2, 0.25) is 5.91 Å². The van der Waals surface area contributed by atoms with Crippen LogP contribution in [0.3, 0.4) is 0 Å². The number of nitrogens with zero attached hydrogens (tertiary/aromatic N) is 1. The van der Waals surface area contributed by atoms with Gasteiger partial charge in [-0.05, 0) is 5.56 Å². The Bertz CT molecular complexity index is 460. The molecule has 0 unspecified atom stereocenters. The quantitative estimate of drug-likeness (QED) is 0.877. The number of amides is 1. The van der Waals surface area contributed by atoms with Gasteiger partial charge >= 0.3 is 5.97 Å². The molecule has 0 radical (unpaired) electrons. The topological polar surface area (TPSA) is 66.8 Å². The molecule has 1 saturated heterocycles. The highest BCUT2D eigenvalue weighted by Crippen LogP contribution is 2.21. The third-order valence-corrected chi connectivity index (χ3v) is 3.40. The Morgan fingerprint density at radius 3 is 2.63 bits per heavy atom. The Labute approximate surface area is 111 Å². The maximum absolute atomic E-state index is 12.2. The van der Waals surface area contributed by atoms with Crippen LogP contribution in [0.4, 0.5) is 0 Å². The Balaban J connectivity index is 2.07. The molecule has 2 rings (SSSR count). The molecule has 1 heterocycles. The third-order valence-electron chi connectivity index (χ3n) is 3.40. The van der Waals surface area contributed by atoms with Crippen LogP contribution in [0.15, 0.2) is 30.3 Å². The van der Waals surface area contributed by atoms with E-state index in [-0.39, 0.29) is 18.4 Å². The Morgan fingerprint density at radius 2 is 2.05 bits per heavy atom. The first-order valence-corrected chi connectivity index (χ1v) is 6.21. The molecule has 5 nitrogen and oxygen atoms in total. The molecule has 5 heteroatoms. The molecular formula is C14H17NO4. The number of carbonyl (C=O) groups is 2. The number of carbonyl (C=O) groups excluding carboxylic acids is 1. The average Bonchev–Trinajstić information content (AvgIpc) is 2.84. The lowest BCUT2D eigenvalue weighted by Crippen LogP contribution is -2.41. The van der Waals surface area contributed by atoms with Crippen LogP contribution in [0.2, 0.25) is 0 Å². The maximum Gasteiger partial charge on any atom is 0.326 e. The Kier molecular flexibility index (Phi) is 4.16. The fraction of sp³-hybridized carbons (Fsp3) is 0.429. The molecule has 1 aliphatic heterocycles. The zero-order chi connectivity index (χ0) is 13.8. The number of methoxy groups -OCH3 is 1. The summed E-state index contributed by atoms with van der Waals surface area (Å²) in [5.41, 5.74) is 0.887. The number of ether oxygens (including phenoxy) is 1. The molecule has 0 aromatic heterocycles. The molecule has 1 aromatic rings. The van der Waals surface area contributed by atoms with E-state index in [4.69, 9.17) is 9.84 Å². The summed E-state index contributed by atoms with van der Waals surface area (Å²) in [7, 11) is 1.54. The van der Waals surface area contributed by atoms with Gasteiger partial charge in [-0.3, -0.25) is 4.79 Å². The van der Waals surface area contributed by atoms with E-state index in [1.165, 1.54) is 12.0 Å². The van der Waals surface area contributed by atoms with Gasteiger partial charge in [0, 0.05) is 20.1 Å². The molecule has 0 aliphatic carbocycles. The number of hydrogen-bond acceptors (Lipinski definition) is 3. The van der Waals surface area contributed by atoms with Crippen molar-refractivity contribution >= 4 is 11.9 Å². The standard InChI is InChI=1S/C14H17NO4/c1-19-11-8-12(14(17)18)15(9-11)13(16)7-10-5-3-2-4-6-10/h2-6,11-12H,7-9H2,1H3,(H,17,18)/t11-,12-/m1/s1. The van der Waals surface area contributed by atoms with Gasteiger partial charge in [-0.15, -0.1) is 0 Å². The zero-order valence-electron chi connectivity index (χ0n) is 10.8. The van der Waals surface area contributed by atoms with Gasteiger partial charge in [-0.2, -0.15) is 0 Å². The normalized spacial score (nSPS) is 22.5. The van der Waals surface area contributed by atoms with Crippen LogP contribution < -0.4 is 0 Å². The Hall–Kier alpha value is -1.88. The molecule has 2 atom stereocenters. The van der Waals surface area contributed by atoms with E-state index in [0.717, 1.165) is 5.56 Å². The van der Waals surface area contributed by atoms with Crippen molar-refractivity contribution in [1.82, 2.24) is 4.90 Å². The van der Waals surface area contributed by atoms with Crippen molar-refractivity contribution in [2.24, 2.45) is 0 Å². The molecule has 1 aromatic carbocycles. The molecule has 1 N–H and O–H groups in total. The van der Waals surface area contributed by atoms with Gasteiger partial charge in [0.05, 0.1) is 12.5 Å². The third kappa shape index (κ3) is 3.12. The van der Waals surface area contributed by atoms with E-state index in [1.807, 2.05) is 30.3 Å². The van der Waals surface area contributed by atoms with Gasteiger partial charge in [0.25, 0.3) is 0 Å². The Morgan fingerprint density at radius 1 is 1.37 bits per heavy atom. The lowest BCUT2D eigenvalue weighted by Gasteiger charge is -2.21. The molecule has 1 fully saturated rings. The lowest BCUT2D eigenvalue weighted by molar-refractivity contribution is -0.148. The monoisotopic (exact) mass is 263 g/mol. The van der Waals surface area contributed by atoms with Crippen molar-refractivity contribution in [3.63, 3.8) is 0 Å². The number of carboxylic acid groups (broad SMARTS) is 1. The summed E-state index contributed by atoms with van der Waals surface area (Å²) in [6, 6.07) is 8.54. The molecule has 1 aliphatic rings. The van der Waals surface area contributed by atoms with Crippen molar-refractivity contribution in [2.75, 3.05) is 13.7 Å². The molecule has 102 valence electrons. The average molecular weight is 263 g/mol. The van der Waals surface area contributed by atoms with Gasteiger partial charge in [-0.25, -0.2) is 4.79 Å². The molecule has 0 spiro atoms. The largest absolute Gasteiger partial charge is 0.480 e. The van der Waals surface area contributed by atoms with E-state index in [2.05, 4.69) is 0 Å². The number of hydrogen-bond donors (Lipinski definition) is 1. The highest BCUT2D eigenvalue weighted by atomic mass is 16.5. The SMILES string of the molecule is CO[C@@H]1C[C@H](C(=O)O)N(C(=O)Cc2ccccc2)C1. The fourth-order valence-electron chi connectivity index (χ4n) is 2.35. The minimum atomic E-state index is -0.971. The smallest absolute Gasteiger partial charge is 0.326 e. The summed E-state index contributed by atoms with van der Waals surface area (Å²) in [4.78, 5) is 24.8. The van der Waals surface area contributed by atoms with Gasteiger partial charge in [0.15, 0.2) is 0 Å². The molecule has 1 amide bonds. The number of carboxylic acids is 1. The first kappa shape index (κ1) is 13.5. The second-order valence-electron chi connectivity index (χ2n) is 4.66. The van der Waals surface area contributed by atoms with Crippen LogP contribution >= 0.6 is 0 Å². The summed E-state index contributed by atoms with van der Waals surface area (Å²) in [5.74, 6) is -1.14. The summed E-state index contributed by atoms with van der Waals surface area (Å²) in [5, 5.41) is 9.16. The van der Waals surface area contributed by atoms with Crippen molar-refractivity contribution < 1.29 is 19.4 Å². The van der Waals surface area contributed by atoms with E-state index >= 15 is 0 Å². The number of rotatable bonds is 4. The van der Waals surface area contributed by atoms with Crippen LogP contribution in [0.1, 0.15) is 12.0 Å². The molecule has 0 saturated carbocycles. The second-order valence-corrected chi connectivity index (χ2v) is 4.66. The zero-order valence-corrected chi connectivity index (χ0v) is 10.8. The van der Waals surface area contributed by atoms with Crippen LogP contribution in [-0.2, 0) is 20.7 Å². The van der Waals surface area contributed by atoms with Crippen LogP contribution in [0, 0.1) is 0 Å². The summed E-state index contributed by atoms with van der Waals surface area (Å²) in [6.07, 6.45) is 0.383. The van der Waals surface area contributed by atoms with Crippen molar-refractivity contribution in [3.05, 3.63) is 35.9 Å². The van der Waals surface area contributed by atoms with Crippen LogP contribution in [0.5, 0.6) is 0 Å². The molecule has 0 bridgehead atoms. The first-order chi connectivity index (χ1) is 9.11. The predicted molar refractivity (Wildman–Crippen MR) is 68.7 cm³/mol. The minimum Gasteiger partial charge on any atom is -0.480 e. The summed E-state index contributed by atoms with van der Waals surface area (Å²) >= 11 is 0. The fourth-order valence-corrected chi connectivity index (χ4v) is 2.35. The van der Waals surface area contributed by atoms with Crippen molar-refractivity contribution in [1.29, 1.82) is 0 Å². The van der Waals surface area contributed by atoms with E-state index in [9.17, 15) is 9.59 Å². The van der Waals surface area contributed by atoms with Crippen LogP contribution in [-0.4, -0.2) is 47.7 Å². The van der Waals surface area contributed by atoms with Gasteiger partial charge in [-0.1, -0.05) is 30.3 Å². The van der Waals surface area contributed by atoms with E-state index in [1.54, 1.807) is 0 Å². The van der Waals surface area contributed by atoms with E-state index < -0.39 is 12.0 Å².